The largest absolute Gasteiger partial charge is 0.476 e. The Kier molecular flexibility index (Phi) is 2.97. The molecule has 2 rings (SSSR count). The Morgan fingerprint density at radius 2 is 1.89 bits per heavy atom. The van der Waals surface area contributed by atoms with Crippen molar-refractivity contribution in [2.45, 2.75) is 13.8 Å². The van der Waals surface area contributed by atoms with Crippen LogP contribution < -0.4 is 5.43 Å². The summed E-state index contributed by atoms with van der Waals surface area (Å²) in [4.78, 5) is 22.6. The molecule has 1 heterocycles. The fourth-order valence-corrected chi connectivity index (χ4v) is 1.69. The number of hydrogen-bond acceptors (Lipinski definition) is 3. The number of aromatic nitrogens is 2. The third-order valence-electron chi connectivity index (χ3n) is 2.66. The van der Waals surface area contributed by atoms with Crippen LogP contribution in [-0.4, -0.2) is 20.9 Å². The third kappa shape index (κ3) is 2.02. The molecule has 0 saturated carbocycles. The molecular weight excluding hydrogens is 232 g/mol. The normalized spacial score (nSPS) is 10.3. The summed E-state index contributed by atoms with van der Waals surface area (Å²) in [6.07, 6.45) is 1.54. The first-order valence-electron chi connectivity index (χ1n) is 5.40. The van der Waals surface area contributed by atoms with Gasteiger partial charge in [-0.3, -0.25) is 4.79 Å². The zero-order chi connectivity index (χ0) is 13.3. The van der Waals surface area contributed by atoms with Crippen LogP contribution in [0, 0.1) is 13.8 Å². The lowest BCUT2D eigenvalue weighted by Gasteiger charge is -2.09. The second kappa shape index (κ2) is 4.44. The number of hydrogen-bond donors (Lipinski definition) is 1. The van der Waals surface area contributed by atoms with Crippen molar-refractivity contribution >= 4 is 5.97 Å². The van der Waals surface area contributed by atoms with Crippen LogP contribution in [0.15, 0.2) is 35.3 Å². The fourth-order valence-electron chi connectivity index (χ4n) is 1.69. The molecule has 1 N–H and O–H groups in total. The number of carboxylic acid groups (broad SMARTS) is 1. The van der Waals surface area contributed by atoms with E-state index in [-0.39, 0.29) is 0 Å². The molecule has 5 heteroatoms. The van der Waals surface area contributed by atoms with Gasteiger partial charge in [0, 0.05) is 11.8 Å². The van der Waals surface area contributed by atoms with Crippen molar-refractivity contribution in [2.75, 3.05) is 0 Å². The molecule has 0 aliphatic carbocycles. The number of benzene rings is 1. The van der Waals surface area contributed by atoms with Crippen LogP contribution in [0.3, 0.4) is 0 Å². The zero-order valence-corrected chi connectivity index (χ0v) is 10.0. The molecular formula is C13H12N2O3. The number of aromatic carboxylic acids is 1. The van der Waals surface area contributed by atoms with Crippen molar-refractivity contribution in [2.24, 2.45) is 0 Å². The van der Waals surface area contributed by atoms with Crippen molar-refractivity contribution in [1.82, 2.24) is 9.78 Å². The summed E-state index contributed by atoms with van der Waals surface area (Å²) in [6.45, 7) is 3.47. The molecule has 0 fully saturated rings. The maximum atomic E-state index is 11.6. The van der Waals surface area contributed by atoms with Gasteiger partial charge < -0.3 is 5.11 Å². The van der Waals surface area contributed by atoms with Gasteiger partial charge in [0.25, 0.3) is 0 Å². The molecule has 0 radical (unpaired) electrons. The first kappa shape index (κ1) is 12.0. The Labute approximate surface area is 103 Å². The molecule has 18 heavy (non-hydrogen) atoms. The summed E-state index contributed by atoms with van der Waals surface area (Å²) < 4.78 is 1.43. The Balaban J connectivity index is 2.71. The van der Waals surface area contributed by atoms with Crippen LogP contribution in [0.4, 0.5) is 0 Å². The molecule has 92 valence electrons. The molecule has 0 bridgehead atoms. The van der Waals surface area contributed by atoms with Crippen LogP contribution in [-0.2, 0) is 0 Å². The molecule has 1 aromatic heterocycles. The maximum absolute atomic E-state index is 11.6. The minimum Gasteiger partial charge on any atom is -0.476 e. The maximum Gasteiger partial charge on any atom is 0.360 e. The van der Waals surface area contributed by atoms with Crippen molar-refractivity contribution < 1.29 is 9.90 Å². The lowest BCUT2D eigenvalue weighted by molar-refractivity contribution is 0.0686. The molecule has 0 aliphatic heterocycles. The summed E-state index contributed by atoms with van der Waals surface area (Å²) in [6, 6.07) is 7.42. The Bertz CT molecular complexity index is 674. The standard InChI is InChI=1S/C13H12N2O3/c1-8-5-3-4-6-10(8)15-7-9(2)12(16)11(14-15)13(17)18/h3-7H,1-2H3,(H,17,18). The Morgan fingerprint density at radius 1 is 1.22 bits per heavy atom. The number of carbonyl (C=O) groups is 1. The number of para-hydroxylation sites is 1. The second-order valence-electron chi connectivity index (χ2n) is 4.03. The molecule has 0 amide bonds. The van der Waals surface area contributed by atoms with Gasteiger partial charge in [0.05, 0.1) is 5.69 Å². The van der Waals surface area contributed by atoms with E-state index in [9.17, 15) is 9.59 Å². The highest BCUT2D eigenvalue weighted by atomic mass is 16.4. The number of aryl methyl sites for hydroxylation is 2. The average Bonchev–Trinajstić information content (AvgIpc) is 2.33. The SMILES string of the molecule is Cc1ccccc1-n1cc(C)c(=O)c(C(=O)O)n1. The molecule has 0 aliphatic rings. The predicted octanol–water partition coefficient (Wildman–Crippen LogP) is 1.55. The summed E-state index contributed by atoms with van der Waals surface area (Å²) in [5.74, 6) is -1.31. The van der Waals surface area contributed by atoms with Gasteiger partial charge in [0.1, 0.15) is 0 Å². The van der Waals surface area contributed by atoms with Crippen molar-refractivity contribution in [3.63, 3.8) is 0 Å². The summed E-state index contributed by atoms with van der Waals surface area (Å²) in [7, 11) is 0. The highest BCUT2D eigenvalue weighted by Gasteiger charge is 2.14. The van der Waals surface area contributed by atoms with Crippen LogP contribution in [0.2, 0.25) is 0 Å². The van der Waals surface area contributed by atoms with Gasteiger partial charge >= 0.3 is 5.97 Å². The number of carboxylic acids is 1. The topological polar surface area (TPSA) is 72.2 Å². The number of rotatable bonds is 2. The highest BCUT2D eigenvalue weighted by Crippen LogP contribution is 2.11. The molecule has 0 unspecified atom stereocenters. The van der Waals surface area contributed by atoms with Gasteiger partial charge in [-0.05, 0) is 25.5 Å². The summed E-state index contributed by atoms with van der Waals surface area (Å²) in [5, 5.41) is 12.8. The van der Waals surface area contributed by atoms with Crippen molar-refractivity contribution in [3.8, 4) is 5.69 Å². The highest BCUT2D eigenvalue weighted by molar-refractivity contribution is 5.85. The van der Waals surface area contributed by atoms with E-state index >= 15 is 0 Å². The van der Waals surface area contributed by atoms with Gasteiger partial charge in [-0.15, -0.1) is 0 Å². The minimum absolute atomic E-state index is 0.352. The van der Waals surface area contributed by atoms with E-state index in [2.05, 4.69) is 5.10 Å². The lowest BCUT2D eigenvalue weighted by atomic mass is 10.2. The first-order valence-corrected chi connectivity index (χ1v) is 5.40. The molecule has 2 aromatic rings. The van der Waals surface area contributed by atoms with E-state index in [1.807, 2.05) is 31.2 Å². The van der Waals surface area contributed by atoms with E-state index in [0.717, 1.165) is 11.3 Å². The van der Waals surface area contributed by atoms with E-state index < -0.39 is 17.1 Å². The van der Waals surface area contributed by atoms with Crippen molar-refractivity contribution in [1.29, 1.82) is 0 Å². The van der Waals surface area contributed by atoms with E-state index in [4.69, 9.17) is 5.11 Å². The Morgan fingerprint density at radius 3 is 2.50 bits per heavy atom. The van der Waals surface area contributed by atoms with Gasteiger partial charge in [0.2, 0.25) is 11.1 Å². The zero-order valence-electron chi connectivity index (χ0n) is 10.0. The second-order valence-corrected chi connectivity index (χ2v) is 4.03. The smallest absolute Gasteiger partial charge is 0.360 e. The van der Waals surface area contributed by atoms with E-state index in [1.54, 1.807) is 6.92 Å². The molecule has 1 aromatic carbocycles. The van der Waals surface area contributed by atoms with E-state index in [0.29, 0.717) is 5.56 Å². The van der Waals surface area contributed by atoms with Crippen LogP contribution in [0.1, 0.15) is 21.6 Å². The van der Waals surface area contributed by atoms with Crippen LogP contribution >= 0.6 is 0 Å². The van der Waals surface area contributed by atoms with Crippen molar-refractivity contribution in [3.05, 3.63) is 57.5 Å². The monoisotopic (exact) mass is 244 g/mol. The lowest BCUT2D eigenvalue weighted by Crippen LogP contribution is -2.23. The van der Waals surface area contributed by atoms with Gasteiger partial charge in [0.15, 0.2) is 0 Å². The first-order chi connectivity index (χ1) is 8.50. The van der Waals surface area contributed by atoms with Crippen LogP contribution in [0.25, 0.3) is 5.69 Å². The fraction of sp³-hybridized carbons (Fsp3) is 0.154. The molecule has 0 atom stereocenters. The average molecular weight is 244 g/mol. The Hall–Kier alpha value is -2.43. The summed E-state index contributed by atoms with van der Waals surface area (Å²) in [5.41, 5.74) is 1.05. The van der Waals surface area contributed by atoms with Gasteiger partial charge in [-0.1, -0.05) is 18.2 Å². The third-order valence-corrected chi connectivity index (χ3v) is 2.66. The summed E-state index contributed by atoms with van der Waals surface area (Å²) >= 11 is 0. The minimum atomic E-state index is -1.31. The quantitative estimate of drug-likeness (QED) is 0.869. The molecule has 0 saturated heterocycles. The van der Waals surface area contributed by atoms with Gasteiger partial charge in [-0.25, -0.2) is 9.48 Å². The van der Waals surface area contributed by atoms with Crippen LogP contribution in [0.5, 0.6) is 0 Å². The molecule has 5 nitrogen and oxygen atoms in total. The molecule has 0 spiro atoms. The van der Waals surface area contributed by atoms with Gasteiger partial charge in [-0.2, -0.15) is 5.10 Å². The number of nitrogens with zero attached hydrogens (tertiary/aromatic N) is 2. The predicted molar refractivity (Wildman–Crippen MR) is 66.3 cm³/mol. The van der Waals surface area contributed by atoms with E-state index in [1.165, 1.54) is 10.9 Å².